The van der Waals surface area contributed by atoms with Gasteiger partial charge in [-0.3, -0.25) is 9.59 Å². The van der Waals surface area contributed by atoms with E-state index in [2.05, 4.69) is 9.47 Å². The lowest BCUT2D eigenvalue weighted by Crippen LogP contribution is -2.68. The van der Waals surface area contributed by atoms with Gasteiger partial charge in [-0.25, -0.2) is 0 Å². The van der Waals surface area contributed by atoms with Crippen LogP contribution in [0.2, 0.25) is 0 Å². The van der Waals surface area contributed by atoms with Crippen molar-refractivity contribution in [1.82, 2.24) is 0 Å². The minimum atomic E-state index is -6.35. The van der Waals surface area contributed by atoms with Gasteiger partial charge in [0.05, 0.1) is 13.2 Å². The quantitative estimate of drug-likeness (QED) is 0.543. The van der Waals surface area contributed by atoms with Crippen LogP contribution >= 0.6 is 0 Å². The molecule has 0 spiro atoms. The van der Waals surface area contributed by atoms with E-state index in [1.54, 1.807) is 0 Å². The molecule has 0 aromatic carbocycles. The van der Waals surface area contributed by atoms with Crippen LogP contribution < -0.4 is 5.73 Å². The lowest BCUT2D eigenvalue weighted by atomic mass is 9.80. The maximum absolute atomic E-state index is 12.9. The lowest BCUT2D eigenvalue weighted by molar-refractivity contribution is -0.383. The third-order valence-corrected chi connectivity index (χ3v) is 2.77. The van der Waals surface area contributed by atoms with E-state index in [0.717, 1.165) is 6.92 Å². The van der Waals surface area contributed by atoms with Gasteiger partial charge in [0.2, 0.25) is 0 Å². The summed E-state index contributed by atoms with van der Waals surface area (Å²) in [6.07, 6.45) is -12.7. The number of aliphatic hydroxyl groups is 1. The summed E-state index contributed by atoms with van der Waals surface area (Å²) in [6.45, 7) is 1.30. The molecule has 0 bridgehead atoms. The summed E-state index contributed by atoms with van der Waals surface area (Å²) in [5.74, 6) is -7.34. The predicted octanol–water partition coefficient (Wildman–Crippen LogP) is 0.912. The summed E-state index contributed by atoms with van der Waals surface area (Å²) in [5.41, 5.74) is -0.562. The zero-order valence-corrected chi connectivity index (χ0v) is 12.0. The molecule has 0 aliphatic rings. The van der Waals surface area contributed by atoms with Gasteiger partial charge in [-0.2, -0.15) is 26.3 Å². The van der Waals surface area contributed by atoms with Crippen molar-refractivity contribution in [2.75, 3.05) is 13.2 Å². The fourth-order valence-corrected chi connectivity index (χ4v) is 1.70. The van der Waals surface area contributed by atoms with Crippen molar-refractivity contribution < 1.29 is 50.5 Å². The van der Waals surface area contributed by atoms with E-state index in [4.69, 9.17) is 5.73 Å². The molecule has 0 aliphatic heterocycles. The van der Waals surface area contributed by atoms with Crippen LogP contribution in [0.5, 0.6) is 0 Å². The number of halogens is 6. The SMILES string of the molecule is CCOC(=O)[C@H]([C@@H](N)C(=O)OCC)C(O)(C(F)(F)F)C(F)(F)F. The Morgan fingerprint density at radius 3 is 1.61 bits per heavy atom. The molecule has 0 saturated heterocycles. The molecule has 0 radical (unpaired) electrons. The Balaban J connectivity index is 6.18. The fraction of sp³-hybridized carbons (Fsp3) is 0.818. The zero-order valence-electron chi connectivity index (χ0n) is 12.0. The lowest BCUT2D eigenvalue weighted by Gasteiger charge is -2.38. The first-order chi connectivity index (χ1) is 10.3. The summed E-state index contributed by atoms with van der Waals surface area (Å²) >= 11 is 0. The van der Waals surface area contributed by atoms with Crippen molar-refractivity contribution in [3.05, 3.63) is 0 Å². The van der Waals surface area contributed by atoms with E-state index in [1.807, 2.05) is 0 Å². The Morgan fingerprint density at radius 1 is 0.957 bits per heavy atom. The number of ether oxygens (including phenoxy) is 2. The molecule has 12 heteroatoms. The molecule has 6 nitrogen and oxygen atoms in total. The monoisotopic (exact) mass is 355 g/mol. The van der Waals surface area contributed by atoms with E-state index in [0.29, 0.717) is 0 Å². The Morgan fingerprint density at radius 2 is 1.30 bits per heavy atom. The molecule has 0 amide bonds. The van der Waals surface area contributed by atoms with Gasteiger partial charge in [0, 0.05) is 0 Å². The molecule has 0 fully saturated rings. The van der Waals surface area contributed by atoms with Crippen molar-refractivity contribution >= 4 is 11.9 Å². The first-order valence-electron chi connectivity index (χ1n) is 6.20. The second-order valence-corrected chi connectivity index (χ2v) is 4.27. The third kappa shape index (κ3) is 4.25. The van der Waals surface area contributed by atoms with Gasteiger partial charge in [0.25, 0.3) is 5.60 Å². The summed E-state index contributed by atoms with van der Waals surface area (Å²) in [4.78, 5) is 23.0. The number of hydrogen-bond donors (Lipinski definition) is 2. The summed E-state index contributed by atoms with van der Waals surface area (Å²) in [5, 5.41) is 9.29. The molecule has 0 saturated carbocycles. The normalized spacial score (nSPS) is 15.7. The van der Waals surface area contributed by atoms with E-state index >= 15 is 0 Å². The van der Waals surface area contributed by atoms with E-state index in [-0.39, 0.29) is 0 Å². The molecule has 0 aromatic rings. The fourth-order valence-electron chi connectivity index (χ4n) is 1.70. The van der Waals surface area contributed by atoms with Crippen LogP contribution in [-0.4, -0.2) is 54.3 Å². The third-order valence-electron chi connectivity index (χ3n) is 2.77. The smallest absolute Gasteiger partial charge is 0.427 e. The van der Waals surface area contributed by atoms with Gasteiger partial charge in [-0.05, 0) is 13.8 Å². The summed E-state index contributed by atoms with van der Waals surface area (Å²) in [6, 6.07) is -2.75. The standard InChI is InChI=1S/C11H15F6NO5/c1-3-22-7(19)5(6(18)8(20)23-4-2)9(21,10(12,13)14)11(15,16)17/h5-6,21H,3-4,18H2,1-2H3/t5-,6+/m0/s1. The number of carbonyl (C=O) groups is 2. The van der Waals surface area contributed by atoms with Crippen molar-refractivity contribution in [1.29, 1.82) is 0 Å². The first-order valence-corrected chi connectivity index (χ1v) is 6.20. The summed E-state index contributed by atoms with van der Waals surface area (Å²) < 4.78 is 85.6. The van der Waals surface area contributed by atoms with Crippen LogP contribution in [0.25, 0.3) is 0 Å². The number of alkyl halides is 6. The van der Waals surface area contributed by atoms with Gasteiger partial charge in [-0.1, -0.05) is 0 Å². The Hall–Kier alpha value is -1.56. The molecule has 3 N–H and O–H groups in total. The zero-order chi connectivity index (χ0) is 18.6. The largest absolute Gasteiger partial charge is 0.466 e. The number of hydrogen-bond acceptors (Lipinski definition) is 6. The molecule has 0 aliphatic carbocycles. The maximum Gasteiger partial charge on any atom is 0.427 e. The van der Waals surface area contributed by atoms with Crippen molar-refractivity contribution in [2.45, 2.75) is 37.8 Å². The molecule has 0 rings (SSSR count). The highest BCUT2D eigenvalue weighted by Gasteiger charge is 2.77. The molecule has 0 unspecified atom stereocenters. The van der Waals surface area contributed by atoms with Crippen LogP contribution in [0, 0.1) is 5.92 Å². The molecule has 136 valence electrons. The molecular formula is C11H15F6NO5. The van der Waals surface area contributed by atoms with Crippen LogP contribution in [0.1, 0.15) is 13.8 Å². The van der Waals surface area contributed by atoms with E-state index in [1.165, 1.54) is 6.92 Å². The van der Waals surface area contributed by atoms with Crippen molar-refractivity contribution in [2.24, 2.45) is 11.7 Å². The van der Waals surface area contributed by atoms with Gasteiger partial charge < -0.3 is 20.3 Å². The number of nitrogens with two attached hydrogens (primary N) is 1. The van der Waals surface area contributed by atoms with Crippen LogP contribution in [0.15, 0.2) is 0 Å². The highest BCUT2D eigenvalue weighted by atomic mass is 19.4. The number of rotatable bonds is 6. The second kappa shape index (κ2) is 7.34. The average molecular weight is 355 g/mol. The average Bonchev–Trinajstić information content (AvgIpc) is 2.36. The molecule has 23 heavy (non-hydrogen) atoms. The van der Waals surface area contributed by atoms with Gasteiger partial charge in [0.1, 0.15) is 12.0 Å². The highest BCUT2D eigenvalue weighted by Crippen LogP contribution is 2.49. The number of esters is 2. The van der Waals surface area contributed by atoms with E-state index in [9.17, 15) is 41.0 Å². The predicted molar refractivity (Wildman–Crippen MR) is 61.8 cm³/mol. The van der Waals surface area contributed by atoms with Crippen LogP contribution in [0.4, 0.5) is 26.3 Å². The van der Waals surface area contributed by atoms with Crippen LogP contribution in [0.3, 0.4) is 0 Å². The molecule has 2 atom stereocenters. The van der Waals surface area contributed by atoms with Gasteiger partial charge in [-0.15, -0.1) is 0 Å². The van der Waals surface area contributed by atoms with Crippen molar-refractivity contribution in [3.8, 4) is 0 Å². The Bertz CT molecular complexity index is 422. The maximum atomic E-state index is 12.9. The Kier molecular flexibility index (Phi) is 6.84. The van der Waals surface area contributed by atoms with Crippen molar-refractivity contribution in [3.63, 3.8) is 0 Å². The minimum Gasteiger partial charge on any atom is -0.466 e. The van der Waals surface area contributed by atoms with Gasteiger partial charge in [0.15, 0.2) is 0 Å². The highest BCUT2D eigenvalue weighted by molar-refractivity contribution is 5.85. The second-order valence-electron chi connectivity index (χ2n) is 4.27. The topological polar surface area (TPSA) is 98.9 Å². The summed E-state index contributed by atoms with van der Waals surface area (Å²) in [7, 11) is 0. The van der Waals surface area contributed by atoms with Gasteiger partial charge >= 0.3 is 24.3 Å². The molecule has 0 aromatic heterocycles. The number of carbonyl (C=O) groups excluding carboxylic acids is 2. The minimum absolute atomic E-state index is 0.418. The first kappa shape index (κ1) is 21.4. The molecule has 0 heterocycles. The Labute approximate surface area is 126 Å². The van der Waals surface area contributed by atoms with E-state index < -0.39 is 55.1 Å². The molecular weight excluding hydrogens is 340 g/mol. The van der Waals surface area contributed by atoms with Crippen LogP contribution in [-0.2, 0) is 19.1 Å².